The third-order valence-electron chi connectivity index (χ3n) is 5.58. The Bertz CT molecular complexity index is 1140. The highest BCUT2D eigenvalue weighted by atomic mass is 35.5. The van der Waals surface area contributed by atoms with Crippen LogP contribution in [0.4, 0.5) is 10.1 Å². The number of sulfonamides is 1. The van der Waals surface area contributed by atoms with Gasteiger partial charge in [-0.25, -0.2) is 12.8 Å². The lowest BCUT2D eigenvalue weighted by atomic mass is 9.96. The summed E-state index contributed by atoms with van der Waals surface area (Å²) >= 11 is 6.16. The van der Waals surface area contributed by atoms with Crippen molar-refractivity contribution in [2.24, 2.45) is 5.92 Å². The standard InChI is InChI=1S/C22H23ClFN3O4S/c23-19-10-3-14(12-20(19)26-32(30,31)18-8-4-16(24)5-9-18)22(29)27-11-1-2-15(13-27)21(28)25-17-6-7-17/h3-5,8-10,12,15,17,26H,1-2,6-7,11,13H2,(H,25,28). The number of benzene rings is 2. The van der Waals surface area contributed by atoms with Gasteiger partial charge in [0.1, 0.15) is 5.82 Å². The zero-order valence-corrected chi connectivity index (χ0v) is 18.8. The zero-order valence-electron chi connectivity index (χ0n) is 17.2. The van der Waals surface area contributed by atoms with Crippen molar-refractivity contribution in [3.63, 3.8) is 0 Å². The van der Waals surface area contributed by atoms with E-state index in [0.29, 0.717) is 19.5 Å². The van der Waals surface area contributed by atoms with Crippen molar-refractivity contribution in [2.75, 3.05) is 17.8 Å². The minimum atomic E-state index is -4.02. The summed E-state index contributed by atoms with van der Waals surface area (Å²) in [6.07, 6.45) is 3.45. The Balaban J connectivity index is 1.49. The van der Waals surface area contributed by atoms with Gasteiger partial charge in [-0.15, -0.1) is 0 Å². The normalized spacial score (nSPS) is 18.8. The fourth-order valence-electron chi connectivity index (χ4n) is 3.66. The summed E-state index contributed by atoms with van der Waals surface area (Å²) < 4.78 is 40.7. The third-order valence-corrected chi connectivity index (χ3v) is 7.30. The fourth-order valence-corrected chi connectivity index (χ4v) is 4.95. The van der Waals surface area contributed by atoms with Crippen molar-refractivity contribution in [2.45, 2.75) is 36.6 Å². The Hall–Kier alpha value is -2.65. The van der Waals surface area contributed by atoms with Crippen LogP contribution in [0.15, 0.2) is 47.4 Å². The minimum absolute atomic E-state index is 0.0196. The van der Waals surface area contributed by atoms with Crippen LogP contribution < -0.4 is 10.0 Å². The first-order chi connectivity index (χ1) is 15.2. The SMILES string of the molecule is O=C(NC1CC1)C1CCCN(C(=O)c2ccc(Cl)c(NS(=O)(=O)c3ccc(F)cc3)c2)C1. The van der Waals surface area contributed by atoms with E-state index in [0.717, 1.165) is 43.5 Å². The molecule has 1 aliphatic heterocycles. The molecule has 170 valence electrons. The van der Waals surface area contributed by atoms with Gasteiger partial charge >= 0.3 is 0 Å². The molecule has 2 amide bonds. The van der Waals surface area contributed by atoms with Crippen molar-refractivity contribution < 1.29 is 22.4 Å². The molecular formula is C22H23ClFN3O4S. The van der Waals surface area contributed by atoms with E-state index in [2.05, 4.69) is 10.0 Å². The quantitative estimate of drug-likeness (QED) is 0.663. The van der Waals surface area contributed by atoms with Crippen molar-refractivity contribution in [1.29, 1.82) is 0 Å². The Labute approximate surface area is 191 Å². The second kappa shape index (κ2) is 9.07. The van der Waals surface area contributed by atoms with E-state index in [1.54, 1.807) is 4.90 Å². The lowest BCUT2D eigenvalue weighted by Crippen LogP contribution is -2.45. The van der Waals surface area contributed by atoms with E-state index in [4.69, 9.17) is 11.6 Å². The van der Waals surface area contributed by atoms with Crippen LogP contribution in [0.25, 0.3) is 0 Å². The molecule has 1 aliphatic carbocycles. The molecular weight excluding hydrogens is 457 g/mol. The fraction of sp³-hybridized carbons (Fsp3) is 0.364. The molecule has 1 saturated carbocycles. The molecule has 32 heavy (non-hydrogen) atoms. The van der Waals surface area contributed by atoms with E-state index in [1.807, 2.05) is 0 Å². The highest BCUT2D eigenvalue weighted by Gasteiger charge is 2.32. The highest BCUT2D eigenvalue weighted by molar-refractivity contribution is 7.92. The second-order valence-corrected chi connectivity index (χ2v) is 10.2. The maximum Gasteiger partial charge on any atom is 0.261 e. The summed E-state index contributed by atoms with van der Waals surface area (Å²) in [5.41, 5.74) is 0.302. The number of likely N-dealkylation sites (tertiary alicyclic amines) is 1. The maximum atomic E-state index is 13.1. The third kappa shape index (κ3) is 5.21. The molecule has 2 aromatic carbocycles. The predicted molar refractivity (Wildman–Crippen MR) is 118 cm³/mol. The summed E-state index contributed by atoms with van der Waals surface area (Å²) in [5, 5.41) is 3.11. The number of piperidine rings is 1. The topological polar surface area (TPSA) is 95.6 Å². The molecule has 7 nitrogen and oxygen atoms in total. The Morgan fingerprint density at radius 2 is 1.78 bits per heavy atom. The molecule has 0 bridgehead atoms. The smallest absolute Gasteiger partial charge is 0.261 e. The number of nitrogens with zero attached hydrogens (tertiary/aromatic N) is 1. The number of anilines is 1. The molecule has 1 unspecified atom stereocenters. The summed E-state index contributed by atoms with van der Waals surface area (Å²) in [4.78, 5) is 27.0. The lowest BCUT2D eigenvalue weighted by Gasteiger charge is -2.32. The largest absolute Gasteiger partial charge is 0.353 e. The molecule has 2 aromatic rings. The van der Waals surface area contributed by atoms with Crippen molar-refractivity contribution in [3.8, 4) is 0 Å². The van der Waals surface area contributed by atoms with Crippen molar-refractivity contribution in [1.82, 2.24) is 10.2 Å². The molecule has 10 heteroatoms. The summed E-state index contributed by atoms with van der Waals surface area (Å²) in [6.45, 7) is 0.835. The van der Waals surface area contributed by atoms with Crippen LogP contribution in [0.3, 0.4) is 0 Å². The number of amides is 2. The Morgan fingerprint density at radius 3 is 2.47 bits per heavy atom. The van der Waals surface area contributed by atoms with Gasteiger partial charge in [-0.2, -0.15) is 0 Å². The van der Waals surface area contributed by atoms with E-state index < -0.39 is 15.8 Å². The molecule has 1 heterocycles. The van der Waals surface area contributed by atoms with Crippen LogP contribution in [0.1, 0.15) is 36.0 Å². The molecule has 2 aliphatic rings. The van der Waals surface area contributed by atoms with Gasteiger partial charge in [-0.3, -0.25) is 14.3 Å². The molecule has 4 rings (SSSR count). The van der Waals surface area contributed by atoms with Crippen LogP contribution >= 0.6 is 11.6 Å². The summed E-state index contributed by atoms with van der Waals surface area (Å²) in [7, 11) is -4.02. The number of hydrogen-bond donors (Lipinski definition) is 2. The van der Waals surface area contributed by atoms with Gasteiger partial charge in [0, 0.05) is 24.7 Å². The van der Waals surface area contributed by atoms with Crippen molar-refractivity contribution >= 4 is 39.1 Å². The number of nitrogens with one attached hydrogen (secondary N) is 2. The molecule has 1 saturated heterocycles. The van der Waals surface area contributed by atoms with Gasteiger partial charge in [0.05, 0.1) is 21.5 Å². The van der Waals surface area contributed by atoms with Crippen LogP contribution in [-0.4, -0.2) is 44.3 Å². The van der Waals surface area contributed by atoms with Gasteiger partial charge in [0.2, 0.25) is 5.91 Å². The van der Waals surface area contributed by atoms with Gasteiger partial charge in [-0.1, -0.05) is 11.6 Å². The zero-order chi connectivity index (χ0) is 22.9. The maximum absolute atomic E-state index is 13.1. The van der Waals surface area contributed by atoms with Gasteiger partial charge in [0.25, 0.3) is 15.9 Å². The molecule has 0 radical (unpaired) electrons. The molecule has 0 aromatic heterocycles. The van der Waals surface area contributed by atoms with Crippen LogP contribution in [0.5, 0.6) is 0 Å². The first kappa shape index (κ1) is 22.5. The first-order valence-electron chi connectivity index (χ1n) is 10.4. The Morgan fingerprint density at radius 1 is 1.06 bits per heavy atom. The minimum Gasteiger partial charge on any atom is -0.353 e. The second-order valence-electron chi connectivity index (χ2n) is 8.13. The van der Waals surface area contributed by atoms with Crippen LogP contribution in [0, 0.1) is 11.7 Å². The predicted octanol–water partition coefficient (Wildman–Crippen LogP) is 3.41. The van der Waals surface area contributed by atoms with E-state index >= 15 is 0 Å². The summed E-state index contributed by atoms with van der Waals surface area (Å²) in [5.74, 6) is -1.13. The number of rotatable bonds is 6. The molecule has 2 N–H and O–H groups in total. The van der Waals surface area contributed by atoms with Crippen LogP contribution in [-0.2, 0) is 14.8 Å². The average molecular weight is 480 g/mol. The van der Waals surface area contributed by atoms with E-state index in [9.17, 15) is 22.4 Å². The molecule has 1 atom stereocenters. The first-order valence-corrected chi connectivity index (χ1v) is 12.3. The lowest BCUT2D eigenvalue weighted by molar-refractivity contribution is -0.126. The van der Waals surface area contributed by atoms with Gasteiger partial charge in [-0.05, 0) is 68.1 Å². The number of hydrogen-bond acceptors (Lipinski definition) is 4. The number of halogens is 2. The van der Waals surface area contributed by atoms with E-state index in [1.165, 1.54) is 18.2 Å². The van der Waals surface area contributed by atoms with Crippen LogP contribution in [0.2, 0.25) is 5.02 Å². The monoisotopic (exact) mass is 479 g/mol. The van der Waals surface area contributed by atoms with E-state index in [-0.39, 0.29) is 44.9 Å². The highest BCUT2D eigenvalue weighted by Crippen LogP contribution is 2.28. The molecule has 0 spiro atoms. The van der Waals surface area contributed by atoms with Crippen molar-refractivity contribution in [3.05, 3.63) is 58.9 Å². The Kier molecular flexibility index (Phi) is 6.39. The molecule has 2 fully saturated rings. The summed E-state index contributed by atoms with van der Waals surface area (Å²) in [6, 6.07) is 8.97. The number of carbonyl (C=O) groups excluding carboxylic acids is 2. The van der Waals surface area contributed by atoms with Gasteiger partial charge < -0.3 is 10.2 Å². The average Bonchev–Trinajstić information content (AvgIpc) is 3.59. The van der Waals surface area contributed by atoms with Gasteiger partial charge in [0.15, 0.2) is 0 Å². The number of carbonyl (C=O) groups is 2.